The van der Waals surface area contributed by atoms with Gasteiger partial charge in [0.15, 0.2) is 0 Å². The molecule has 1 aromatic rings. The molecular formula is C13H10Cl2N2O4. The lowest BCUT2D eigenvalue weighted by atomic mass is 10.1. The molecule has 1 aromatic carbocycles. The highest BCUT2D eigenvalue weighted by atomic mass is 35.5. The summed E-state index contributed by atoms with van der Waals surface area (Å²) in [6, 6.07) is 1.95. The normalized spacial score (nSPS) is 15.8. The fourth-order valence-corrected chi connectivity index (χ4v) is 2.34. The highest BCUT2D eigenvalue weighted by Gasteiger charge is 2.37. The number of nitrogens with zero attached hydrogens (tertiary/aromatic N) is 2. The first-order chi connectivity index (χ1) is 9.73. The molecule has 0 radical (unpaired) electrons. The third-order valence-electron chi connectivity index (χ3n) is 3.00. The van der Waals surface area contributed by atoms with Crippen molar-refractivity contribution in [1.29, 1.82) is 0 Å². The molecule has 6 nitrogen and oxygen atoms in total. The van der Waals surface area contributed by atoms with Gasteiger partial charge in [-0.3, -0.25) is 19.4 Å². The number of hydrogen-bond donors (Lipinski definition) is 1. The zero-order chi connectivity index (χ0) is 15.9. The number of urea groups is 1. The SMILES string of the molecule is CN1C(=O)C(=Cc2cc(Cl)cc(Cl)c2O)C(=O)N(C)C1=O. The first-order valence-electron chi connectivity index (χ1n) is 5.73. The summed E-state index contributed by atoms with van der Waals surface area (Å²) in [5, 5.41) is 10.1. The second kappa shape index (κ2) is 5.38. The lowest BCUT2D eigenvalue weighted by molar-refractivity contribution is -0.134. The number of likely N-dealkylation sites (N-methyl/N-ethyl adjacent to an activating group) is 2. The van der Waals surface area contributed by atoms with Gasteiger partial charge in [-0.2, -0.15) is 0 Å². The monoisotopic (exact) mass is 328 g/mol. The van der Waals surface area contributed by atoms with Crippen LogP contribution in [0.1, 0.15) is 5.56 Å². The lowest BCUT2D eigenvalue weighted by Gasteiger charge is -2.28. The number of imide groups is 2. The van der Waals surface area contributed by atoms with Crippen molar-refractivity contribution in [3.63, 3.8) is 0 Å². The van der Waals surface area contributed by atoms with Crippen LogP contribution in [0.15, 0.2) is 17.7 Å². The van der Waals surface area contributed by atoms with Crippen LogP contribution in [0.25, 0.3) is 6.08 Å². The van der Waals surface area contributed by atoms with Crippen LogP contribution in [0.5, 0.6) is 5.75 Å². The van der Waals surface area contributed by atoms with Crippen molar-refractivity contribution >= 4 is 47.1 Å². The van der Waals surface area contributed by atoms with Crippen LogP contribution in [0.2, 0.25) is 10.0 Å². The minimum absolute atomic E-state index is 0.0113. The van der Waals surface area contributed by atoms with Crippen molar-refractivity contribution in [1.82, 2.24) is 9.80 Å². The van der Waals surface area contributed by atoms with E-state index in [-0.39, 0.29) is 26.9 Å². The van der Waals surface area contributed by atoms with Crippen LogP contribution in [-0.4, -0.2) is 46.8 Å². The predicted octanol–water partition coefficient (Wildman–Crippen LogP) is 2.13. The van der Waals surface area contributed by atoms with Gasteiger partial charge in [0.2, 0.25) is 0 Å². The second-order valence-corrected chi connectivity index (χ2v) is 5.24. The average molecular weight is 329 g/mol. The third kappa shape index (κ3) is 2.59. The summed E-state index contributed by atoms with van der Waals surface area (Å²) in [7, 11) is 2.51. The van der Waals surface area contributed by atoms with Crippen LogP contribution in [-0.2, 0) is 9.59 Å². The minimum Gasteiger partial charge on any atom is -0.506 e. The topological polar surface area (TPSA) is 77.9 Å². The quantitative estimate of drug-likeness (QED) is 0.632. The van der Waals surface area contributed by atoms with Gasteiger partial charge in [-0.05, 0) is 18.2 Å². The summed E-state index contributed by atoms with van der Waals surface area (Å²) in [6.45, 7) is 0. The van der Waals surface area contributed by atoms with Crippen LogP contribution in [0.3, 0.4) is 0 Å². The summed E-state index contributed by atoms with van der Waals surface area (Å²) in [4.78, 5) is 37.3. The van der Waals surface area contributed by atoms with Crippen LogP contribution >= 0.6 is 23.2 Å². The van der Waals surface area contributed by atoms with Crippen LogP contribution in [0, 0.1) is 0 Å². The zero-order valence-electron chi connectivity index (χ0n) is 11.1. The molecule has 1 N–H and O–H groups in total. The number of amides is 4. The van der Waals surface area contributed by atoms with Crippen LogP contribution < -0.4 is 0 Å². The summed E-state index contributed by atoms with van der Waals surface area (Å²) in [5.74, 6) is -1.84. The number of phenolic OH excluding ortho intramolecular Hbond substituents is 1. The standard InChI is InChI=1S/C13H10Cl2N2O4/c1-16-11(19)8(12(20)17(2)13(16)21)4-6-3-7(14)5-9(15)10(6)18/h3-5,18H,1-2H3. The fraction of sp³-hybridized carbons (Fsp3) is 0.154. The van der Waals surface area contributed by atoms with E-state index in [1.165, 1.54) is 26.2 Å². The lowest BCUT2D eigenvalue weighted by Crippen LogP contribution is -2.52. The van der Waals surface area contributed by atoms with Crippen molar-refractivity contribution in [3.8, 4) is 5.75 Å². The first kappa shape index (κ1) is 15.3. The Bertz CT molecular complexity index is 674. The van der Waals surface area contributed by atoms with Gasteiger partial charge in [0.05, 0.1) is 5.02 Å². The molecule has 1 fully saturated rings. The van der Waals surface area contributed by atoms with E-state index in [2.05, 4.69) is 0 Å². The number of halogens is 2. The molecule has 0 unspecified atom stereocenters. The molecule has 0 spiro atoms. The molecule has 1 saturated heterocycles. The van der Waals surface area contributed by atoms with E-state index >= 15 is 0 Å². The van der Waals surface area contributed by atoms with Gasteiger partial charge in [-0.25, -0.2) is 4.79 Å². The Morgan fingerprint density at radius 1 is 1.05 bits per heavy atom. The Labute approximate surface area is 130 Å². The molecule has 0 bridgehead atoms. The van der Waals surface area contributed by atoms with Gasteiger partial charge in [0.25, 0.3) is 11.8 Å². The second-order valence-electron chi connectivity index (χ2n) is 4.39. The number of rotatable bonds is 1. The number of aromatic hydroxyl groups is 1. The van der Waals surface area contributed by atoms with Crippen molar-refractivity contribution in [2.75, 3.05) is 14.1 Å². The Morgan fingerprint density at radius 2 is 1.57 bits per heavy atom. The number of hydrogen-bond acceptors (Lipinski definition) is 4. The molecular weight excluding hydrogens is 319 g/mol. The number of carbonyl (C=O) groups is 3. The van der Waals surface area contributed by atoms with E-state index in [1.807, 2.05) is 0 Å². The Kier molecular flexibility index (Phi) is 3.93. The average Bonchev–Trinajstić information content (AvgIpc) is 2.44. The Balaban J connectivity index is 2.57. The summed E-state index contributed by atoms with van der Waals surface area (Å²) in [6.07, 6.45) is 1.15. The van der Waals surface area contributed by atoms with Crippen molar-refractivity contribution in [3.05, 3.63) is 33.3 Å². The van der Waals surface area contributed by atoms with Crippen molar-refractivity contribution < 1.29 is 19.5 Å². The molecule has 21 heavy (non-hydrogen) atoms. The number of phenols is 1. The molecule has 2 rings (SSSR count). The smallest absolute Gasteiger partial charge is 0.333 e. The number of benzene rings is 1. The van der Waals surface area contributed by atoms with E-state index in [0.29, 0.717) is 0 Å². The Hall–Kier alpha value is -2.05. The number of barbiturate groups is 1. The molecule has 1 aliphatic rings. The largest absolute Gasteiger partial charge is 0.506 e. The zero-order valence-corrected chi connectivity index (χ0v) is 12.6. The van der Waals surface area contributed by atoms with Gasteiger partial charge in [0.1, 0.15) is 11.3 Å². The van der Waals surface area contributed by atoms with Gasteiger partial charge >= 0.3 is 6.03 Å². The molecule has 4 amide bonds. The van der Waals surface area contributed by atoms with E-state index < -0.39 is 17.8 Å². The van der Waals surface area contributed by atoms with E-state index in [9.17, 15) is 19.5 Å². The summed E-state index contributed by atoms with van der Waals surface area (Å²) in [5.41, 5.74) is -0.159. The minimum atomic E-state index is -0.765. The molecule has 0 aromatic heterocycles. The molecule has 0 saturated carbocycles. The third-order valence-corrected chi connectivity index (χ3v) is 3.51. The van der Waals surface area contributed by atoms with E-state index in [1.54, 1.807) is 0 Å². The number of carbonyl (C=O) groups excluding carboxylic acids is 3. The molecule has 0 atom stereocenters. The molecule has 8 heteroatoms. The van der Waals surface area contributed by atoms with Crippen molar-refractivity contribution in [2.24, 2.45) is 0 Å². The molecule has 1 heterocycles. The van der Waals surface area contributed by atoms with Gasteiger partial charge in [-0.15, -0.1) is 0 Å². The van der Waals surface area contributed by atoms with Gasteiger partial charge in [0, 0.05) is 24.7 Å². The van der Waals surface area contributed by atoms with E-state index in [0.717, 1.165) is 15.9 Å². The molecule has 1 aliphatic heterocycles. The maximum absolute atomic E-state index is 12.0. The predicted molar refractivity (Wildman–Crippen MR) is 77.0 cm³/mol. The van der Waals surface area contributed by atoms with E-state index in [4.69, 9.17) is 23.2 Å². The Morgan fingerprint density at radius 3 is 2.10 bits per heavy atom. The fourth-order valence-electron chi connectivity index (χ4n) is 1.83. The summed E-state index contributed by atoms with van der Waals surface area (Å²) >= 11 is 11.6. The van der Waals surface area contributed by atoms with Crippen molar-refractivity contribution in [2.45, 2.75) is 0 Å². The maximum Gasteiger partial charge on any atom is 0.333 e. The summed E-state index contributed by atoms with van der Waals surface area (Å²) < 4.78 is 0. The van der Waals surface area contributed by atoms with Gasteiger partial charge in [-0.1, -0.05) is 23.2 Å². The highest BCUT2D eigenvalue weighted by molar-refractivity contribution is 6.36. The highest BCUT2D eigenvalue weighted by Crippen LogP contribution is 2.33. The van der Waals surface area contributed by atoms with Crippen LogP contribution in [0.4, 0.5) is 4.79 Å². The first-order valence-corrected chi connectivity index (χ1v) is 6.49. The molecule has 110 valence electrons. The van der Waals surface area contributed by atoms with Gasteiger partial charge < -0.3 is 5.11 Å². The molecule has 0 aliphatic carbocycles. The maximum atomic E-state index is 12.0.